The first-order valence-corrected chi connectivity index (χ1v) is 7.48. The maximum Gasteiger partial charge on any atom is 0.193 e. The summed E-state index contributed by atoms with van der Waals surface area (Å²) in [5.41, 5.74) is 4.49. The van der Waals surface area contributed by atoms with Gasteiger partial charge in [0, 0.05) is 34.5 Å². The molecule has 0 aliphatic heterocycles. The molecule has 1 aromatic carbocycles. The van der Waals surface area contributed by atoms with Crippen molar-refractivity contribution in [1.82, 2.24) is 9.97 Å². The third kappa shape index (κ3) is 2.00. The van der Waals surface area contributed by atoms with E-state index in [0.717, 1.165) is 34.5 Å². The Hall–Kier alpha value is -2.82. The largest absolute Gasteiger partial charge is 0.493 e. The zero-order chi connectivity index (χ0) is 16.0. The number of methoxy groups -OCH3 is 2. The quantitative estimate of drug-likeness (QED) is 0.790. The average molecular weight is 308 g/mol. The summed E-state index contributed by atoms with van der Waals surface area (Å²) in [5.74, 6) is 1.15. The van der Waals surface area contributed by atoms with E-state index in [0.29, 0.717) is 23.3 Å². The molecule has 0 unspecified atom stereocenters. The van der Waals surface area contributed by atoms with Crippen LogP contribution in [0.4, 0.5) is 0 Å². The van der Waals surface area contributed by atoms with E-state index < -0.39 is 0 Å². The fourth-order valence-corrected chi connectivity index (χ4v) is 3.23. The van der Waals surface area contributed by atoms with Crippen LogP contribution >= 0.6 is 0 Å². The molecule has 5 nitrogen and oxygen atoms in total. The number of aromatic amines is 1. The SMILES string of the molecule is COc1cc2[nH]c3c(c(=O)c2cc1OC)CCc1ncccc1-3. The van der Waals surface area contributed by atoms with Gasteiger partial charge in [-0.3, -0.25) is 9.78 Å². The molecular formula is C18H16N2O3. The van der Waals surface area contributed by atoms with Crippen LogP contribution in [0, 0.1) is 0 Å². The van der Waals surface area contributed by atoms with Crippen LogP contribution in [0.25, 0.3) is 22.2 Å². The Morgan fingerprint density at radius 3 is 2.70 bits per heavy atom. The Labute approximate surface area is 132 Å². The standard InChI is InChI=1S/C18H16N2O3/c1-22-15-8-12-14(9-16(15)23-2)20-17-10-4-3-7-19-13(10)6-5-11(17)18(12)21/h3-4,7-9H,5-6H2,1-2H3,(H,20,21). The smallest absolute Gasteiger partial charge is 0.193 e. The van der Waals surface area contributed by atoms with E-state index in [1.807, 2.05) is 12.1 Å². The van der Waals surface area contributed by atoms with Gasteiger partial charge < -0.3 is 14.5 Å². The molecule has 2 heterocycles. The minimum absolute atomic E-state index is 0.0456. The van der Waals surface area contributed by atoms with E-state index in [-0.39, 0.29) is 5.43 Å². The number of nitrogens with one attached hydrogen (secondary N) is 1. The lowest BCUT2D eigenvalue weighted by Crippen LogP contribution is -2.18. The van der Waals surface area contributed by atoms with Crippen LogP contribution in [0.2, 0.25) is 0 Å². The first-order chi connectivity index (χ1) is 11.2. The Morgan fingerprint density at radius 1 is 1.13 bits per heavy atom. The third-order valence-electron chi connectivity index (χ3n) is 4.38. The number of hydrogen-bond acceptors (Lipinski definition) is 4. The summed E-state index contributed by atoms with van der Waals surface area (Å²) in [4.78, 5) is 20.7. The Kier molecular flexibility index (Phi) is 3.08. The van der Waals surface area contributed by atoms with E-state index in [1.165, 1.54) is 0 Å². The fraction of sp³-hybridized carbons (Fsp3) is 0.222. The highest BCUT2D eigenvalue weighted by Crippen LogP contribution is 2.34. The van der Waals surface area contributed by atoms with Crippen molar-refractivity contribution in [3.63, 3.8) is 0 Å². The van der Waals surface area contributed by atoms with Crippen molar-refractivity contribution in [3.05, 3.63) is 51.9 Å². The van der Waals surface area contributed by atoms with E-state index in [9.17, 15) is 4.79 Å². The summed E-state index contributed by atoms with van der Waals surface area (Å²) in [5, 5.41) is 0.619. The monoisotopic (exact) mass is 308 g/mol. The molecule has 3 aromatic rings. The summed E-state index contributed by atoms with van der Waals surface area (Å²) < 4.78 is 10.7. The van der Waals surface area contributed by atoms with Crippen molar-refractivity contribution >= 4 is 10.9 Å². The van der Waals surface area contributed by atoms with Gasteiger partial charge >= 0.3 is 0 Å². The van der Waals surface area contributed by atoms with E-state index in [2.05, 4.69) is 9.97 Å². The van der Waals surface area contributed by atoms with E-state index >= 15 is 0 Å². The molecule has 0 amide bonds. The molecule has 0 saturated heterocycles. The molecule has 0 atom stereocenters. The fourth-order valence-electron chi connectivity index (χ4n) is 3.23. The summed E-state index contributed by atoms with van der Waals surface area (Å²) in [6.45, 7) is 0. The molecule has 5 heteroatoms. The minimum Gasteiger partial charge on any atom is -0.493 e. The Morgan fingerprint density at radius 2 is 1.91 bits per heavy atom. The molecule has 1 aliphatic rings. The number of ether oxygens (including phenoxy) is 2. The molecule has 4 rings (SSSR count). The highest BCUT2D eigenvalue weighted by Gasteiger charge is 2.22. The number of nitrogens with zero attached hydrogens (tertiary/aromatic N) is 1. The molecule has 1 N–H and O–H groups in total. The van der Waals surface area contributed by atoms with Gasteiger partial charge in [-0.25, -0.2) is 0 Å². The van der Waals surface area contributed by atoms with Crippen molar-refractivity contribution in [1.29, 1.82) is 0 Å². The topological polar surface area (TPSA) is 64.2 Å². The average Bonchev–Trinajstić information content (AvgIpc) is 2.60. The molecule has 0 radical (unpaired) electrons. The number of benzene rings is 1. The van der Waals surface area contributed by atoms with Gasteiger partial charge in [0.2, 0.25) is 0 Å². The summed E-state index contributed by atoms with van der Waals surface area (Å²) in [6, 6.07) is 7.44. The lowest BCUT2D eigenvalue weighted by Gasteiger charge is -2.19. The first kappa shape index (κ1) is 13.8. The zero-order valence-corrected chi connectivity index (χ0v) is 13.0. The zero-order valence-electron chi connectivity index (χ0n) is 13.0. The maximum atomic E-state index is 12.9. The van der Waals surface area contributed by atoms with Crippen LogP contribution < -0.4 is 14.9 Å². The number of hydrogen-bond donors (Lipinski definition) is 1. The Balaban J connectivity index is 2.07. The summed E-state index contributed by atoms with van der Waals surface area (Å²) in [6.07, 6.45) is 3.26. The van der Waals surface area contributed by atoms with Crippen LogP contribution in [-0.2, 0) is 12.8 Å². The van der Waals surface area contributed by atoms with Gasteiger partial charge in [-0.15, -0.1) is 0 Å². The van der Waals surface area contributed by atoms with Crippen LogP contribution in [0.5, 0.6) is 11.5 Å². The molecule has 23 heavy (non-hydrogen) atoms. The number of aryl methyl sites for hydroxylation is 1. The van der Waals surface area contributed by atoms with Gasteiger partial charge in [0.05, 0.1) is 25.4 Å². The highest BCUT2D eigenvalue weighted by molar-refractivity contribution is 5.87. The van der Waals surface area contributed by atoms with Crippen molar-refractivity contribution in [2.45, 2.75) is 12.8 Å². The predicted octanol–water partition coefficient (Wildman–Crippen LogP) is 2.71. The van der Waals surface area contributed by atoms with Gasteiger partial charge in [0.15, 0.2) is 16.9 Å². The minimum atomic E-state index is 0.0456. The van der Waals surface area contributed by atoms with Crippen LogP contribution in [-0.4, -0.2) is 24.2 Å². The van der Waals surface area contributed by atoms with Crippen LogP contribution in [0.1, 0.15) is 11.3 Å². The lowest BCUT2D eigenvalue weighted by atomic mass is 9.91. The molecular weight excluding hydrogens is 292 g/mol. The lowest BCUT2D eigenvalue weighted by molar-refractivity contribution is 0.356. The first-order valence-electron chi connectivity index (χ1n) is 7.48. The number of aromatic nitrogens is 2. The van der Waals surface area contributed by atoms with E-state index in [1.54, 1.807) is 32.5 Å². The second-order valence-electron chi connectivity index (χ2n) is 5.56. The highest BCUT2D eigenvalue weighted by atomic mass is 16.5. The van der Waals surface area contributed by atoms with Crippen molar-refractivity contribution in [2.75, 3.05) is 14.2 Å². The summed E-state index contributed by atoms with van der Waals surface area (Å²) in [7, 11) is 3.15. The maximum absolute atomic E-state index is 12.9. The van der Waals surface area contributed by atoms with Crippen molar-refractivity contribution in [2.24, 2.45) is 0 Å². The molecule has 0 saturated carbocycles. The van der Waals surface area contributed by atoms with Gasteiger partial charge in [-0.1, -0.05) is 0 Å². The number of rotatable bonds is 2. The predicted molar refractivity (Wildman–Crippen MR) is 88.3 cm³/mol. The Bertz CT molecular complexity index is 976. The van der Waals surface area contributed by atoms with Gasteiger partial charge in [0.25, 0.3) is 0 Å². The number of H-pyrrole nitrogens is 1. The molecule has 0 bridgehead atoms. The number of fused-ring (bicyclic) bond motifs is 4. The van der Waals surface area contributed by atoms with Gasteiger partial charge in [0.1, 0.15) is 0 Å². The van der Waals surface area contributed by atoms with Crippen LogP contribution in [0.3, 0.4) is 0 Å². The van der Waals surface area contributed by atoms with Crippen molar-refractivity contribution in [3.8, 4) is 22.8 Å². The number of pyridine rings is 2. The van der Waals surface area contributed by atoms with Gasteiger partial charge in [-0.2, -0.15) is 0 Å². The normalized spacial score (nSPS) is 12.6. The molecule has 116 valence electrons. The molecule has 0 fully saturated rings. The van der Waals surface area contributed by atoms with Crippen molar-refractivity contribution < 1.29 is 9.47 Å². The van der Waals surface area contributed by atoms with E-state index in [4.69, 9.17) is 9.47 Å². The summed E-state index contributed by atoms with van der Waals surface area (Å²) >= 11 is 0. The second kappa shape index (κ2) is 5.12. The van der Waals surface area contributed by atoms with Gasteiger partial charge in [-0.05, 0) is 31.0 Å². The second-order valence-corrected chi connectivity index (χ2v) is 5.56. The molecule has 0 spiro atoms. The van der Waals surface area contributed by atoms with Crippen LogP contribution in [0.15, 0.2) is 35.3 Å². The molecule has 1 aliphatic carbocycles. The molecule has 2 aromatic heterocycles. The third-order valence-corrected chi connectivity index (χ3v) is 4.38.